The van der Waals surface area contributed by atoms with Gasteiger partial charge in [0.25, 0.3) is 0 Å². The molecule has 0 rings (SSSR count). The number of amides is 1. The van der Waals surface area contributed by atoms with E-state index >= 15 is 0 Å². The number of hydrogen-bond acceptors (Lipinski definition) is 4. The third-order valence-electron chi connectivity index (χ3n) is 1.21. The van der Waals surface area contributed by atoms with Gasteiger partial charge in [0.2, 0.25) is 0 Å². The molecule has 0 bridgehead atoms. The molecule has 86 valence electrons. The van der Waals surface area contributed by atoms with Gasteiger partial charge in [0.15, 0.2) is 6.04 Å². The second-order valence-electron chi connectivity index (χ2n) is 2.19. The number of carbonyl (C=O) groups excluding carboxylic acids is 1. The Labute approximate surface area is 89.7 Å². The van der Waals surface area contributed by atoms with E-state index in [1.807, 2.05) is 5.32 Å². The number of aliphatic hydroxyl groups excluding tert-OH is 1. The third kappa shape index (κ3) is 6.55. The summed E-state index contributed by atoms with van der Waals surface area (Å²) in [5.41, 5.74) is 0. The van der Waals surface area contributed by atoms with Crippen molar-refractivity contribution >= 4 is 25.6 Å². The van der Waals surface area contributed by atoms with Gasteiger partial charge in [-0.1, -0.05) is 7.43 Å². The van der Waals surface area contributed by atoms with Crippen LogP contribution in [0.4, 0.5) is 4.79 Å². The fraction of sp³-hybridized carbons (Fsp3) is 0.714. The molecule has 0 fully saturated rings. The standard InChI is InChI=1S/C6H11NO5.CH4.H2S/c1-3(8)4(5(9)10)7-6(11)12-2;;/h3-4,8H,1-2H3,(H,7,11)(H,9,10);1H4;1H2/t3-,4+;;/m1../s1. The summed E-state index contributed by atoms with van der Waals surface area (Å²) >= 11 is 0. The van der Waals surface area contributed by atoms with Gasteiger partial charge < -0.3 is 20.3 Å². The van der Waals surface area contributed by atoms with E-state index in [1.165, 1.54) is 6.92 Å². The minimum absolute atomic E-state index is 0. The van der Waals surface area contributed by atoms with Gasteiger partial charge in [-0.05, 0) is 6.92 Å². The van der Waals surface area contributed by atoms with Gasteiger partial charge in [-0.25, -0.2) is 9.59 Å². The summed E-state index contributed by atoms with van der Waals surface area (Å²) in [6, 6.07) is -1.34. The highest BCUT2D eigenvalue weighted by molar-refractivity contribution is 7.59. The van der Waals surface area contributed by atoms with Gasteiger partial charge in [-0.2, -0.15) is 13.5 Å². The molecule has 0 saturated carbocycles. The van der Waals surface area contributed by atoms with Crippen LogP contribution in [0.1, 0.15) is 14.4 Å². The van der Waals surface area contributed by atoms with Gasteiger partial charge in [0.05, 0.1) is 13.2 Å². The van der Waals surface area contributed by atoms with Gasteiger partial charge in [0.1, 0.15) is 0 Å². The predicted molar refractivity (Wildman–Crippen MR) is 55.8 cm³/mol. The number of ether oxygens (including phenoxy) is 1. The quantitative estimate of drug-likeness (QED) is 0.627. The predicted octanol–water partition coefficient (Wildman–Crippen LogP) is -0.0747. The Bertz CT molecular complexity index is 185. The molecule has 14 heavy (non-hydrogen) atoms. The molecule has 0 aliphatic heterocycles. The molecule has 0 spiro atoms. The molecule has 0 aliphatic rings. The van der Waals surface area contributed by atoms with E-state index in [1.54, 1.807) is 0 Å². The first-order chi connectivity index (χ1) is 5.49. The van der Waals surface area contributed by atoms with Crippen molar-refractivity contribution in [2.24, 2.45) is 0 Å². The highest BCUT2D eigenvalue weighted by Gasteiger charge is 2.24. The minimum Gasteiger partial charge on any atom is -0.480 e. The molecule has 0 saturated heterocycles. The molecule has 0 heterocycles. The summed E-state index contributed by atoms with van der Waals surface area (Å²) < 4.78 is 4.16. The number of aliphatic hydroxyl groups is 1. The zero-order valence-electron chi connectivity index (χ0n) is 7.27. The monoisotopic (exact) mass is 227 g/mol. The van der Waals surface area contributed by atoms with Crippen molar-refractivity contribution in [3.63, 3.8) is 0 Å². The third-order valence-corrected chi connectivity index (χ3v) is 1.21. The van der Waals surface area contributed by atoms with Crippen LogP contribution in [0.5, 0.6) is 0 Å². The summed E-state index contributed by atoms with van der Waals surface area (Å²) in [5.74, 6) is -1.31. The van der Waals surface area contributed by atoms with Crippen LogP contribution >= 0.6 is 13.5 Å². The molecule has 0 radical (unpaired) electrons. The maximum atomic E-state index is 10.5. The topological polar surface area (TPSA) is 95.9 Å². The van der Waals surface area contributed by atoms with E-state index in [9.17, 15) is 9.59 Å². The van der Waals surface area contributed by atoms with Gasteiger partial charge >= 0.3 is 12.1 Å². The zero-order valence-corrected chi connectivity index (χ0v) is 8.27. The molecule has 7 heteroatoms. The average Bonchev–Trinajstić information content (AvgIpc) is 1.98. The second-order valence-corrected chi connectivity index (χ2v) is 2.19. The number of carboxylic acids is 1. The van der Waals surface area contributed by atoms with Crippen LogP contribution in [-0.2, 0) is 9.53 Å². The number of methoxy groups -OCH3 is 1. The molecular formula is C7H17NO5S. The van der Waals surface area contributed by atoms with Crippen molar-refractivity contribution in [2.75, 3.05) is 7.11 Å². The first-order valence-corrected chi connectivity index (χ1v) is 3.24. The van der Waals surface area contributed by atoms with Gasteiger partial charge in [-0.3, -0.25) is 0 Å². The Kier molecular flexibility index (Phi) is 11.6. The minimum atomic E-state index is -1.34. The zero-order chi connectivity index (χ0) is 9.72. The first-order valence-electron chi connectivity index (χ1n) is 3.24. The van der Waals surface area contributed by atoms with E-state index in [0.29, 0.717) is 0 Å². The van der Waals surface area contributed by atoms with E-state index in [2.05, 4.69) is 4.74 Å². The first kappa shape index (κ1) is 18.8. The van der Waals surface area contributed by atoms with Crippen LogP contribution in [0, 0.1) is 0 Å². The SMILES string of the molecule is C.COC(=O)N[C@H](C(=O)O)[C@@H](C)O.S. The van der Waals surface area contributed by atoms with Crippen LogP contribution in [-0.4, -0.2) is 41.5 Å². The summed E-state index contributed by atoms with van der Waals surface area (Å²) in [6.07, 6.45) is -2.05. The van der Waals surface area contributed by atoms with Crippen molar-refractivity contribution in [1.82, 2.24) is 5.32 Å². The molecule has 0 aromatic rings. The maximum absolute atomic E-state index is 10.5. The van der Waals surface area contributed by atoms with Crippen molar-refractivity contribution < 1.29 is 24.5 Å². The molecule has 2 atom stereocenters. The number of rotatable bonds is 3. The molecule has 1 amide bonds. The fourth-order valence-electron chi connectivity index (χ4n) is 0.575. The molecule has 0 aromatic carbocycles. The van der Waals surface area contributed by atoms with Crippen molar-refractivity contribution in [2.45, 2.75) is 26.5 Å². The van der Waals surface area contributed by atoms with Crippen LogP contribution in [0.3, 0.4) is 0 Å². The van der Waals surface area contributed by atoms with Gasteiger partial charge in [-0.15, -0.1) is 0 Å². The number of carboxylic acid groups (broad SMARTS) is 1. The lowest BCUT2D eigenvalue weighted by atomic mass is 10.2. The summed E-state index contributed by atoms with van der Waals surface area (Å²) in [5, 5.41) is 19.3. The van der Waals surface area contributed by atoms with E-state index in [0.717, 1.165) is 7.11 Å². The Morgan fingerprint density at radius 2 is 1.86 bits per heavy atom. The highest BCUT2D eigenvalue weighted by Crippen LogP contribution is 1.93. The van der Waals surface area contributed by atoms with Crippen molar-refractivity contribution in [3.8, 4) is 0 Å². The largest absolute Gasteiger partial charge is 0.480 e. The number of alkyl carbamates (subject to hydrolysis) is 1. The normalized spacial score (nSPS) is 12.5. The Hall–Kier alpha value is -0.950. The van der Waals surface area contributed by atoms with Crippen LogP contribution in [0.2, 0.25) is 0 Å². The van der Waals surface area contributed by atoms with E-state index < -0.39 is 24.2 Å². The molecular weight excluding hydrogens is 210 g/mol. The molecule has 0 unspecified atom stereocenters. The van der Waals surface area contributed by atoms with E-state index in [4.69, 9.17) is 10.2 Å². The molecule has 0 aromatic heterocycles. The van der Waals surface area contributed by atoms with Crippen molar-refractivity contribution in [1.29, 1.82) is 0 Å². The number of hydrogen-bond donors (Lipinski definition) is 3. The summed E-state index contributed by atoms with van der Waals surface area (Å²) in [4.78, 5) is 20.9. The van der Waals surface area contributed by atoms with Crippen LogP contribution < -0.4 is 5.32 Å². The molecule has 3 N–H and O–H groups in total. The molecule has 0 aliphatic carbocycles. The average molecular weight is 227 g/mol. The number of carbonyl (C=O) groups is 2. The Morgan fingerprint density at radius 1 is 1.43 bits per heavy atom. The number of aliphatic carboxylic acids is 1. The van der Waals surface area contributed by atoms with Crippen LogP contribution in [0.15, 0.2) is 0 Å². The fourth-order valence-corrected chi connectivity index (χ4v) is 0.575. The lowest BCUT2D eigenvalue weighted by molar-refractivity contribution is -0.141. The summed E-state index contributed by atoms with van der Waals surface area (Å²) in [7, 11) is 1.11. The smallest absolute Gasteiger partial charge is 0.407 e. The number of nitrogens with one attached hydrogen (secondary N) is 1. The maximum Gasteiger partial charge on any atom is 0.407 e. The second kappa shape index (κ2) is 8.64. The van der Waals surface area contributed by atoms with Gasteiger partial charge in [0, 0.05) is 0 Å². The molecule has 6 nitrogen and oxygen atoms in total. The lowest BCUT2D eigenvalue weighted by Gasteiger charge is -2.15. The van der Waals surface area contributed by atoms with Crippen LogP contribution in [0.25, 0.3) is 0 Å². The Morgan fingerprint density at radius 3 is 2.07 bits per heavy atom. The van der Waals surface area contributed by atoms with E-state index in [-0.39, 0.29) is 20.9 Å². The lowest BCUT2D eigenvalue weighted by Crippen LogP contribution is -2.47. The highest BCUT2D eigenvalue weighted by atomic mass is 32.1. The van der Waals surface area contributed by atoms with Crippen molar-refractivity contribution in [3.05, 3.63) is 0 Å². The Balaban J connectivity index is -0.000000605. The summed E-state index contributed by atoms with van der Waals surface area (Å²) in [6.45, 7) is 1.26.